The highest BCUT2D eigenvalue weighted by molar-refractivity contribution is 7.10. The molecular formula is C21H29N2O3S+. The van der Waals surface area contributed by atoms with Crippen molar-refractivity contribution in [1.82, 2.24) is 5.32 Å². The van der Waals surface area contributed by atoms with E-state index >= 15 is 0 Å². The zero-order valence-electron chi connectivity index (χ0n) is 16.5. The third kappa shape index (κ3) is 4.45. The number of carbonyl (C=O) groups excluding carboxylic acids is 1. The number of amides is 1. The highest BCUT2D eigenvalue weighted by atomic mass is 32.1. The van der Waals surface area contributed by atoms with Gasteiger partial charge in [0.15, 0.2) is 18.0 Å². The van der Waals surface area contributed by atoms with Crippen LogP contribution in [0.2, 0.25) is 0 Å². The molecular weight excluding hydrogens is 360 g/mol. The summed E-state index contributed by atoms with van der Waals surface area (Å²) in [6, 6.07) is 8.55. The van der Waals surface area contributed by atoms with Crippen molar-refractivity contribution >= 4 is 17.2 Å². The van der Waals surface area contributed by atoms with Crippen LogP contribution in [-0.4, -0.2) is 39.8 Å². The Morgan fingerprint density at radius 2 is 2.04 bits per heavy atom. The zero-order valence-corrected chi connectivity index (χ0v) is 17.3. The van der Waals surface area contributed by atoms with Gasteiger partial charge >= 0.3 is 0 Å². The minimum atomic E-state index is 0.115. The maximum atomic E-state index is 12.5. The van der Waals surface area contributed by atoms with Crippen LogP contribution >= 0.6 is 11.3 Å². The van der Waals surface area contributed by atoms with E-state index in [1.807, 2.05) is 0 Å². The summed E-state index contributed by atoms with van der Waals surface area (Å²) in [7, 11) is 3.33. The SMILES string of the molecule is COc1cc2c(cc1OC)[C@@H](c1cccs1)[NH+](CC(=O)NCC(C)C)CC2. The lowest BCUT2D eigenvalue weighted by Crippen LogP contribution is -3.14. The molecule has 1 aliphatic rings. The molecule has 2 heterocycles. The Balaban J connectivity index is 1.92. The van der Waals surface area contributed by atoms with E-state index in [2.05, 4.69) is 48.8 Å². The molecule has 0 aliphatic carbocycles. The summed E-state index contributed by atoms with van der Waals surface area (Å²) in [5.74, 6) is 2.07. The molecule has 2 N–H and O–H groups in total. The Morgan fingerprint density at radius 1 is 1.30 bits per heavy atom. The molecule has 146 valence electrons. The molecule has 6 heteroatoms. The summed E-state index contributed by atoms with van der Waals surface area (Å²) in [4.78, 5) is 15.0. The van der Waals surface area contributed by atoms with E-state index in [9.17, 15) is 4.79 Å². The van der Waals surface area contributed by atoms with Gasteiger partial charge in [0.05, 0.1) is 25.6 Å². The average Bonchev–Trinajstić information content (AvgIpc) is 3.19. The van der Waals surface area contributed by atoms with Gasteiger partial charge in [0.2, 0.25) is 0 Å². The normalized spacial score (nSPS) is 18.9. The molecule has 0 bridgehead atoms. The van der Waals surface area contributed by atoms with Crippen LogP contribution in [0, 0.1) is 5.92 Å². The van der Waals surface area contributed by atoms with E-state index in [4.69, 9.17) is 9.47 Å². The first-order chi connectivity index (χ1) is 13.0. The van der Waals surface area contributed by atoms with Crippen molar-refractivity contribution in [3.05, 3.63) is 45.6 Å². The van der Waals surface area contributed by atoms with Crippen molar-refractivity contribution in [2.24, 2.45) is 5.92 Å². The first-order valence-electron chi connectivity index (χ1n) is 9.43. The molecule has 5 nitrogen and oxygen atoms in total. The first kappa shape index (κ1) is 19.7. The van der Waals surface area contributed by atoms with Gasteiger partial charge in [-0.25, -0.2) is 0 Å². The lowest BCUT2D eigenvalue weighted by atomic mass is 9.91. The fourth-order valence-electron chi connectivity index (χ4n) is 3.67. The van der Waals surface area contributed by atoms with Crippen LogP contribution in [0.15, 0.2) is 29.6 Å². The van der Waals surface area contributed by atoms with Crippen LogP contribution in [0.25, 0.3) is 0 Å². The van der Waals surface area contributed by atoms with Gasteiger partial charge < -0.3 is 19.7 Å². The van der Waals surface area contributed by atoms with Gasteiger partial charge in [-0.05, 0) is 35.1 Å². The van der Waals surface area contributed by atoms with Crippen molar-refractivity contribution in [3.63, 3.8) is 0 Å². The molecule has 1 aromatic carbocycles. The second-order valence-corrected chi connectivity index (χ2v) is 8.37. The van der Waals surface area contributed by atoms with Gasteiger partial charge in [-0.3, -0.25) is 4.79 Å². The Bertz CT molecular complexity index is 774. The van der Waals surface area contributed by atoms with E-state index in [1.165, 1.54) is 20.9 Å². The Labute approximate surface area is 165 Å². The lowest BCUT2D eigenvalue weighted by molar-refractivity contribution is -0.919. The third-order valence-electron chi connectivity index (χ3n) is 5.00. The van der Waals surface area contributed by atoms with Crippen molar-refractivity contribution in [3.8, 4) is 11.5 Å². The van der Waals surface area contributed by atoms with E-state index in [0.29, 0.717) is 12.5 Å². The standard InChI is InChI=1S/C21H28N2O3S/c1-14(2)12-22-20(24)13-23-8-7-15-10-17(25-3)18(26-4)11-16(15)21(23)19-6-5-9-27-19/h5-6,9-11,14,21H,7-8,12-13H2,1-4H3,(H,22,24)/p+1/t21-/m0/s1. The minimum Gasteiger partial charge on any atom is -0.493 e. The predicted molar refractivity (Wildman–Crippen MR) is 108 cm³/mol. The molecule has 0 saturated heterocycles. The van der Waals surface area contributed by atoms with E-state index in [0.717, 1.165) is 31.0 Å². The number of fused-ring (bicyclic) bond motifs is 1. The Kier molecular flexibility index (Phi) is 6.39. The van der Waals surface area contributed by atoms with Crippen LogP contribution in [0.1, 0.15) is 35.9 Å². The molecule has 2 aromatic rings. The van der Waals surface area contributed by atoms with Crippen molar-refractivity contribution in [2.75, 3.05) is 33.9 Å². The Hall–Kier alpha value is -2.05. The number of benzene rings is 1. The maximum absolute atomic E-state index is 12.5. The number of hydrogen-bond donors (Lipinski definition) is 2. The molecule has 0 spiro atoms. The van der Waals surface area contributed by atoms with Crippen LogP contribution in [-0.2, 0) is 11.2 Å². The van der Waals surface area contributed by atoms with E-state index < -0.39 is 0 Å². The van der Waals surface area contributed by atoms with Crippen molar-refractivity contribution in [2.45, 2.75) is 26.3 Å². The molecule has 2 atom stereocenters. The zero-order chi connectivity index (χ0) is 19.4. The topological polar surface area (TPSA) is 52.0 Å². The van der Waals surface area contributed by atoms with E-state index in [-0.39, 0.29) is 11.9 Å². The quantitative estimate of drug-likeness (QED) is 0.762. The van der Waals surface area contributed by atoms with Gasteiger partial charge in [0.1, 0.15) is 6.04 Å². The summed E-state index contributed by atoms with van der Waals surface area (Å²) in [5.41, 5.74) is 2.50. The van der Waals surface area contributed by atoms with Gasteiger partial charge in [-0.1, -0.05) is 19.9 Å². The summed E-state index contributed by atoms with van der Waals surface area (Å²) < 4.78 is 11.0. The smallest absolute Gasteiger partial charge is 0.275 e. The monoisotopic (exact) mass is 389 g/mol. The molecule has 1 aliphatic heterocycles. The number of carbonyl (C=O) groups is 1. The fourth-order valence-corrected chi connectivity index (χ4v) is 4.57. The second-order valence-electron chi connectivity index (χ2n) is 7.39. The largest absolute Gasteiger partial charge is 0.493 e. The van der Waals surface area contributed by atoms with Gasteiger partial charge in [-0.15, -0.1) is 11.3 Å². The van der Waals surface area contributed by atoms with Crippen LogP contribution in [0.4, 0.5) is 0 Å². The summed E-state index contributed by atoms with van der Waals surface area (Å²) in [5, 5.41) is 5.16. The Morgan fingerprint density at radius 3 is 2.67 bits per heavy atom. The molecule has 27 heavy (non-hydrogen) atoms. The highest BCUT2D eigenvalue weighted by Crippen LogP contribution is 2.36. The number of thiophene rings is 1. The third-order valence-corrected chi connectivity index (χ3v) is 5.94. The van der Waals surface area contributed by atoms with Gasteiger partial charge in [0, 0.05) is 18.5 Å². The first-order valence-corrected chi connectivity index (χ1v) is 10.3. The summed E-state index contributed by atoms with van der Waals surface area (Å²) >= 11 is 1.74. The molecule has 0 radical (unpaired) electrons. The lowest BCUT2D eigenvalue weighted by Gasteiger charge is -2.34. The molecule has 3 rings (SSSR count). The highest BCUT2D eigenvalue weighted by Gasteiger charge is 2.35. The average molecular weight is 390 g/mol. The molecule has 1 unspecified atom stereocenters. The van der Waals surface area contributed by atoms with Gasteiger partial charge in [0.25, 0.3) is 5.91 Å². The molecule has 0 saturated carbocycles. The number of ether oxygens (including phenoxy) is 2. The fraction of sp³-hybridized carbons (Fsp3) is 0.476. The van der Waals surface area contributed by atoms with Crippen LogP contribution < -0.4 is 19.7 Å². The minimum absolute atomic E-state index is 0.115. The summed E-state index contributed by atoms with van der Waals surface area (Å²) in [6.45, 7) is 6.33. The maximum Gasteiger partial charge on any atom is 0.275 e. The number of hydrogen-bond acceptors (Lipinski definition) is 4. The van der Waals surface area contributed by atoms with Crippen molar-refractivity contribution in [1.29, 1.82) is 0 Å². The predicted octanol–water partition coefficient (Wildman–Crippen LogP) is 2.07. The van der Waals surface area contributed by atoms with Crippen molar-refractivity contribution < 1.29 is 19.2 Å². The van der Waals surface area contributed by atoms with Crippen LogP contribution in [0.3, 0.4) is 0 Å². The van der Waals surface area contributed by atoms with Crippen LogP contribution in [0.5, 0.6) is 11.5 Å². The van der Waals surface area contributed by atoms with E-state index in [1.54, 1.807) is 25.6 Å². The second kappa shape index (κ2) is 8.76. The molecule has 0 fully saturated rings. The number of rotatable bonds is 7. The van der Waals surface area contributed by atoms with Gasteiger partial charge in [-0.2, -0.15) is 0 Å². The molecule has 1 amide bonds. The summed E-state index contributed by atoms with van der Waals surface area (Å²) in [6.07, 6.45) is 0.921. The number of nitrogens with one attached hydrogen (secondary N) is 2. The number of quaternary nitrogens is 1. The molecule has 1 aromatic heterocycles. The number of methoxy groups -OCH3 is 2.